The molecule has 3 N–H and O–H groups in total. The van der Waals surface area contributed by atoms with Crippen LogP contribution in [-0.4, -0.2) is 24.3 Å². The van der Waals surface area contributed by atoms with Crippen molar-refractivity contribution in [2.24, 2.45) is 5.41 Å². The number of hydrogen-bond donors (Lipinski definition) is 3. The minimum absolute atomic E-state index is 0.00520. The quantitative estimate of drug-likeness (QED) is 0.690. The Morgan fingerprint density at radius 3 is 2.43 bits per heavy atom. The lowest BCUT2D eigenvalue weighted by atomic mass is 9.79. The minimum atomic E-state index is -0.150. The zero-order chi connectivity index (χ0) is 15.7. The number of aliphatic hydroxyl groups is 1. The van der Waals surface area contributed by atoms with E-state index in [1.807, 2.05) is 31.2 Å². The summed E-state index contributed by atoms with van der Waals surface area (Å²) in [7, 11) is 0. The van der Waals surface area contributed by atoms with Gasteiger partial charge in [0.05, 0.1) is 0 Å². The largest absolute Gasteiger partial charge is 0.396 e. The number of carbonyl (C=O) groups is 1. The summed E-state index contributed by atoms with van der Waals surface area (Å²) in [5.41, 5.74) is 2.30. The number of hydrogen-bond acceptors (Lipinski definition) is 2. The summed E-state index contributed by atoms with van der Waals surface area (Å²) >= 11 is 0. The summed E-state index contributed by atoms with van der Waals surface area (Å²) in [5.74, 6) is 0. The number of benzene rings is 1. The zero-order valence-electron chi connectivity index (χ0n) is 13.4. The third-order valence-corrected chi connectivity index (χ3v) is 4.47. The normalized spacial score (nSPS) is 11.2. The fourth-order valence-corrected chi connectivity index (χ4v) is 2.49. The van der Waals surface area contributed by atoms with Crippen molar-refractivity contribution in [3.63, 3.8) is 0 Å². The Labute approximate surface area is 128 Å². The molecule has 0 saturated carbocycles. The maximum Gasteiger partial charge on any atom is 0.315 e. The molecule has 4 nitrogen and oxygen atoms in total. The first-order valence-electron chi connectivity index (χ1n) is 7.74. The first-order chi connectivity index (χ1) is 10.1. The van der Waals surface area contributed by atoms with Crippen LogP contribution in [-0.2, 0) is 6.54 Å². The highest BCUT2D eigenvalue weighted by Gasteiger charge is 2.25. The predicted octanol–water partition coefficient (Wildman–Crippen LogP) is 2.98. The van der Waals surface area contributed by atoms with Gasteiger partial charge in [-0.15, -0.1) is 0 Å². The Hall–Kier alpha value is -1.55. The van der Waals surface area contributed by atoms with Crippen molar-refractivity contribution < 1.29 is 9.90 Å². The summed E-state index contributed by atoms with van der Waals surface area (Å²) in [6, 6.07) is 7.87. The highest BCUT2D eigenvalue weighted by molar-refractivity contribution is 5.73. The van der Waals surface area contributed by atoms with Gasteiger partial charge in [0.2, 0.25) is 0 Å². The number of aryl methyl sites for hydroxylation is 1. The molecule has 21 heavy (non-hydrogen) atoms. The monoisotopic (exact) mass is 292 g/mol. The molecule has 0 aromatic heterocycles. The maximum absolute atomic E-state index is 11.9. The van der Waals surface area contributed by atoms with Gasteiger partial charge in [0, 0.05) is 19.7 Å². The van der Waals surface area contributed by atoms with Crippen LogP contribution in [0.25, 0.3) is 0 Å². The fourth-order valence-electron chi connectivity index (χ4n) is 2.49. The lowest BCUT2D eigenvalue weighted by Crippen LogP contribution is -2.42. The molecule has 0 aliphatic rings. The minimum Gasteiger partial charge on any atom is -0.396 e. The van der Waals surface area contributed by atoms with E-state index in [-0.39, 0.29) is 18.1 Å². The average molecular weight is 292 g/mol. The van der Waals surface area contributed by atoms with Crippen LogP contribution >= 0.6 is 0 Å². The van der Waals surface area contributed by atoms with E-state index in [0.29, 0.717) is 13.1 Å². The van der Waals surface area contributed by atoms with Gasteiger partial charge in [-0.2, -0.15) is 0 Å². The van der Waals surface area contributed by atoms with Gasteiger partial charge in [0.1, 0.15) is 0 Å². The lowest BCUT2D eigenvalue weighted by molar-refractivity contribution is 0.163. The molecule has 0 heterocycles. The second-order valence-electron chi connectivity index (χ2n) is 5.64. The molecule has 0 unspecified atom stereocenters. The van der Waals surface area contributed by atoms with Crippen LogP contribution < -0.4 is 10.6 Å². The molecule has 1 rings (SSSR count). The molecular weight excluding hydrogens is 264 g/mol. The van der Waals surface area contributed by atoms with E-state index in [4.69, 9.17) is 0 Å². The number of carbonyl (C=O) groups excluding carboxylic acids is 1. The molecule has 0 atom stereocenters. The Morgan fingerprint density at radius 2 is 1.86 bits per heavy atom. The maximum atomic E-state index is 11.9. The molecule has 0 aliphatic carbocycles. The third kappa shape index (κ3) is 5.38. The Bertz CT molecular complexity index is 442. The summed E-state index contributed by atoms with van der Waals surface area (Å²) in [5, 5.41) is 15.0. The van der Waals surface area contributed by atoms with Crippen molar-refractivity contribution >= 4 is 6.03 Å². The van der Waals surface area contributed by atoms with Crippen LogP contribution in [0.1, 0.15) is 44.2 Å². The SMILES string of the molecule is CCC(CC)(CCO)CNC(=O)NCc1ccccc1C. The summed E-state index contributed by atoms with van der Waals surface area (Å²) < 4.78 is 0. The molecule has 0 aliphatic heterocycles. The van der Waals surface area contributed by atoms with E-state index in [0.717, 1.165) is 24.8 Å². The van der Waals surface area contributed by atoms with Crippen LogP contribution in [0.3, 0.4) is 0 Å². The second-order valence-corrected chi connectivity index (χ2v) is 5.64. The van der Waals surface area contributed by atoms with Crippen LogP contribution in [0, 0.1) is 12.3 Å². The fraction of sp³-hybridized carbons (Fsp3) is 0.588. The van der Waals surface area contributed by atoms with Gasteiger partial charge in [-0.25, -0.2) is 4.79 Å². The lowest BCUT2D eigenvalue weighted by Gasteiger charge is -2.31. The van der Waals surface area contributed by atoms with E-state index < -0.39 is 0 Å². The first kappa shape index (κ1) is 17.5. The molecule has 4 heteroatoms. The number of nitrogens with one attached hydrogen (secondary N) is 2. The van der Waals surface area contributed by atoms with E-state index in [2.05, 4.69) is 24.5 Å². The van der Waals surface area contributed by atoms with E-state index >= 15 is 0 Å². The average Bonchev–Trinajstić information content (AvgIpc) is 2.51. The van der Waals surface area contributed by atoms with Crippen molar-refractivity contribution in [2.75, 3.05) is 13.2 Å². The number of amides is 2. The third-order valence-electron chi connectivity index (χ3n) is 4.47. The van der Waals surface area contributed by atoms with Crippen molar-refractivity contribution in [2.45, 2.75) is 46.6 Å². The molecule has 0 bridgehead atoms. The Kier molecular flexibility index (Phi) is 7.23. The summed E-state index contributed by atoms with van der Waals surface area (Å²) in [6.07, 6.45) is 2.61. The van der Waals surface area contributed by atoms with Gasteiger partial charge in [-0.05, 0) is 42.7 Å². The number of rotatable bonds is 8. The summed E-state index contributed by atoms with van der Waals surface area (Å²) in [6.45, 7) is 7.53. The van der Waals surface area contributed by atoms with Crippen LogP contribution in [0.2, 0.25) is 0 Å². The van der Waals surface area contributed by atoms with E-state index in [9.17, 15) is 9.90 Å². The van der Waals surface area contributed by atoms with Crippen LogP contribution in [0.5, 0.6) is 0 Å². The molecule has 0 saturated heterocycles. The van der Waals surface area contributed by atoms with Crippen molar-refractivity contribution in [1.82, 2.24) is 10.6 Å². The molecule has 0 fully saturated rings. The Balaban J connectivity index is 2.45. The molecule has 0 spiro atoms. The van der Waals surface area contributed by atoms with Crippen molar-refractivity contribution in [3.8, 4) is 0 Å². The number of urea groups is 1. The molecule has 0 radical (unpaired) electrons. The predicted molar refractivity (Wildman–Crippen MR) is 86.1 cm³/mol. The van der Waals surface area contributed by atoms with Crippen molar-refractivity contribution in [1.29, 1.82) is 0 Å². The van der Waals surface area contributed by atoms with Gasteiger partial charge in [0.15, 0.2) is 0 Å². The van der Waals surface area contributed by atoms with Gasteiger partial charge in [-0.1, -0.05) is 38.1 Å². The highest BCUT2D eigenvalue weighted by atomic mass is 16.3. The standard InChI is InChI=1S/C17H28N2O2/c1-4-17(5-2,10-11-20)13-19-16(21)18-12-15-9-7-6-8-14(15)3/h6-9,20H,4-5,10-13H2,1-3H3,(H2,18,19,21). The zero-order valence-corrected chi connectivity index (χ0v) is 13.4. The van der Waals surface area contributed by atoms with E-state index in [1.165, 1.54) is 5.56 Å². The number of aliphatic hydroxyl groups excluding tert-OH is 1. The van der Waals surface area contributed by atoms with Gasteiger partial charge in [0.25, 0.3) is 0 Å². The molecule has 118 valence electrons. The summed E-state index contributed by atoms with van der Waals surface area (Å²) in [4.78, 5) is 11.9. The second kappa shape index (κ2) is 8.67. The molecule has 2 amide bonds. The highest BCUT2D eigenvalue weighted by Crippen LogP contribution is 2.29. The van der Waals surface area contributed by atoms with Gasteiger partial charge >= 0.3 is 6.03 Å². The van der Waals surface area contributed by atoms with Gasteiger partial charge < -0.3 is 15.7 Å². The van der Waals surface area contributed by atoms with Crippen molar-refractivity contribution in [3.05, 3.63) is 35.4 Å². The molecule has 1 aromatic rings. The molecule has 1 aromatic carbocycles. The van der Waals surface area contributed by atoms with Gasteiger partial charge in [-0.3, -0.25) is 0 Å². The Morgan fingerprint density at radius 1 is 1.19 bits per heavy atom. The topological polar surface area (TPSA) is 61.4 Å². The van der Waals surface area contributed by atoms with Crippen LogP contribution in [0.4, 0.5) is 4.79 Å². The van der Waals surface area contributed by atoms with Crippen LogP contribution in [0.15, 0.2) is 24.3 Å². The first-order valence-corrected chi connectivity index (χ1v) is 7.74. The molecular formula is C17H28N2O2. The smallest absolute Gasteiger partial charge is 0.315 e. The van der Waals surface area contributed by atoms with E-state index in [1.54, 1.807) is 0 Å².